The zero-order valence-corrected chi connectivity index (χ0v) is 15.4. The van der Waals surface area contributed by atoms with E-state index < -0.39 is 5.60 Å². The third-order valence-corrected chi connectivity index (χ3v) is 5.47. The quantitative estimate of drug-likeness (QED) is 0.688. The highest BCUT2D eigenvalue weighted by Gasteiger charge is 2.52. The molecule has 0 N–H and O–H groups in total. The molecule has 1 amide bonds. The second kappa shape index (κ2) is 6.21. The molecule has 140 valence electrons. The van der Waals surface area contributed by atoms with Gasteiger partial charge >= 0.3 is 0 Å². The van der Waals surface area contributed by atoms with Gasteiger partial charge in [0.1, 0.15) is 11.4 Å². The minimum absolute atomic E-state index is 0.191. The second-order valence-electron chi connectivity index (χ2n) is 7.33. The number of nitrogens with zero attached hydrogens (tertiary/aromatic N) is 3. The maximum Gasteiger partial charge on any atom is 0.254 e. The number of carbonyl (C=O) groups excluding carboxylic acids is 1. The molecule has 28 heavy (non-hydrogen) atoms. The van der Waals surface area contributed by atoms with E-state index in [1.807, 2.05) is 36.5 Å². The number of carbonyl (C=O) groups is 1. The van der Waals surface area contributed by atoms with Crippen LogP contribution >= 0.6 is 0 Å². The number of rotatable bonds is 2. The Bertz CT molecular complexity index is 1080. The summed E-state index contributed by atoms with van der Waals surface area (Å²) in [6.45, 7) is 2.92. The smallest absolute Gasteiger partial charge is 0.254 e. The minimum atomic E-state index is -0.552. The van der Waals surface area contributed by atoms with Crippen LogP contribution in [0, 0.1) is 12.7 Å². The zero-order valence-electron chi connectivity index (χ0n) is 15.4. The van der Waals surface area contributed by atoms with Crippen molar-refractivity contribution >= 4 is 5.91 Å². The van der Waals surface area contributed by atoms with Crippen LogP contribution in [0.5, 0.6) is 0 Å². The van der Waals surface area contributed by atoms with Crippen LogP contribution in [0.4, 0.5) is 4.39 Å². The van der Waals surface area contributed by atoms with Crippen molar-refractivity contribution in [3.05, 3.63) is 82.9 Å². The first kappa shape index (κ1) is 17.0. The molecular weight excluding hydrogens is 357 g/mol. The second-order valence-corrected chi connectivity index (χ2v) is 7.33. The Hall–Kier alpha value is -3.12. The molecule has 0 atom stereocenters. The molecule has 0 radical (unpaired) electrons. The van der Waals surface area contributed by atoms with E-state index in [4.69, 9.17) is 4.74 Å². The standard InChI is InChI=1S/C22H18FN3O2/c1-14-7-8-16(9-18(14)23)21(27)26-12-22(13-26)17-10-24-20(25-19(17)11-28-22)15-5-3-2-4-6-15/h2-10H,11-13H2,1H3. The van der Waals surface area contributed by atoms with Gasteiger partial charge in [-0.05, 0) is 24.6 Å². The summed E-state index contributed by atoms with van der Waals surface area (Å²) in [7, 11) is 0. The molecular formula is C22H18FN3O2. The summed E-state index contributed by atoms with van der Waals surface area (Å²) >= 11 is 0. The van der Waals surface area contributed by atoms with Crippen LogP contribution in [0.2, 0.25) is 0 Å². The van der Waals surface area contributed by atoms with Crippen molar-refractivity contribution in [2.24, 2.45) is 0 Å². The normalized spacial score (nSPS) is 16.7. The molecule has 0 saturated carbocycles. The van der Waals surface area contributed by atoms with E-state index in [2.05, 4.69) is 9.97 Å². The van der Waals surface area contributed by atoms with E-state index in [1.165, 1.54) is 6.07 Å². The first-order valence-electron chi connectivity index (χ1n) is 9.17. The van der Waals surface area contributed by atoms with Gasteiger partial charge < -0.3 is 9.64 Å². The van der Waals surface area contributed by atoms with Crippen LogP contribution in [-0.2, 0) is 16.9 Å². The number of halogens is 1. The topological polar surface area (TPSA) is 55.3 Å². The van der Waals surface area contributed by atoms with Crippen molar-refractivity contribution in [2.75, 3.05) is 13.1 Å². The summed E-state index contributed by atoms with van der Waals surface area (Å²) in [4.78, 5) is 23.5. The van der Waals surface area contributed by atoms with E-state index in [0.717, 1.165) is 16.8 Å². The fourth-order valence-corrected chi connectivity index (χ4v) is 3.80. The van der Waals surface area contributed by atoms with E-state index in [1.54, 1.807) is 24.0 Å². The summed E-state index contributed by atoms with van der Waals surface area (Å²) in [6, 6.07) is 14.4. The minimum Gasteiger partial charge on any atom is -0.360 e. The number of amides is 1. The van der Waals surface area contributed by atoms with Crippen molar-refractivity contribution < 1.29 is 13.9 Å². The number of hydrogen-bond donors (Lipinski definition) is 0. The molecule has 5 rings (SSSR count). The number of aryl methyl sites for hydroxylation is 1. The fourth-order valence-electron chi connectivity index (χ4n) is 3.80. The lowest BCUT2D eigenvalue weighted by Gasteiger charge is -2.47. The van der Waals surface area contributed by atoms with Gasteiger partial charge in [0.15, 0.2) is 5.82 Å². The van der Waals surface area contributed by atoms with Gasteiger partial charge in [-0.25, -0.2) is 14.4 Å². The van der Waals surface area contributed by atoms with Gasteiger partial charge in [-0.15, -0.1) is 0 Å². The highest BCUT2D eigenvalue weighted by atomic mass is 19.1. The average molecular weight is 375 g/mol. The number of aromatic nitrogens is 2. The van der Waals surface area contributed by atoms with Crippen molar-refractivity contribution in [1.29, 1.82) is 0 Å². The highest BCUT2D eigenvalue weighted by molar-refractivity contribution is 5.95. The Morgan fingerprint density at radius 3 is 2.71 bits per heavy atom. The predicted molar refractivity (Wildman–Crippen MR) is 101 cm³/mol. The van der Waals surface area contributed by atoms with E-state index in [-0.39, 0.29) is 11.7 Å². The summed E-state index contributed by atoms with van der Waals surface area (Å²) < 4.78 is 19.8. The van der Waals surface area contributed by atoms with Gasteiger partial charge in [-0.3, -0.25) is 4.79 Å². The maximum atomic E-state index is 13.8. The molecule has 0 unspecified atom stereocenters. The van der Waals surface area contributed by atoms with Crippen molar-refractivity contribution in [3.8, 4) is 11.4 Å². The largest absolute Gasteiger partial charge is 0.360 e. The van der Waals surface area contributed by atoms with Crippen LogP contribution in [0.1, 0.15) is 27.2 Å². The van der Waals surface area contributed by atoms with Gasteiger partial charge in [0, 0.05) is 22.9 Å². The molecule has 3 aromatic rings. The zero-order chi connectivity index (χ0) is 19.3. The lowest BCUT2D eigenvalue weighted by atomic mass is 9.87. The molecule has 6 heteroatoms. The number of likely N-dealkylation sites (tertiary alicyclic amines) is 1. The predicted octanol–water partition coefficient (Wildman–Crippen LogP) is 3.47. The Morgan fingerprint density at radius 2 is 1.96 bits per heavy atom. The number of hydrogen-bond acceptors (Lipinski definition) is 4. The molecule has 1 fully saturated rings. The van der Waals surface area contributed by atoms with E-state index in [9.17, 15) is 9.18 Å². The Labute approximate surface area is 161 Å². The summed E-state index contributed by atoms with van der Waals surface area (Å²) in [5.74, 6) is 0.108. The summed E-state index contributed by atoms with van der Waals surface area (Å²) in [6.07, 6.45) is 1.81. The monoisotopic (exact) mass is 375 g/mol. The maximum absolute atomic E-state index is 13.8. The SMILES string of the molecule is Cc1ccc(C(=O)N2CC3(C2)OCc2nc(-c4ccccc4)ncc23)cc1F. The van der Waals surface area contributed by atoms with E-state index >= 15 is 0 Å². The van der Waals surface area contributed by atoms with E-state index in [0.29, 0.717) is 36.6 Å². The molecule has 2 aliphatic heterocycles. The lowest BCUT2D eigenvalue weighted by Crippen LogP contribution is -2.61. The lowest BCUT2D eigenvalue weighted by molar-refractivity contribution is -0.126. The van der Waals surface area contributed by atoms with Crippen LogP contribution in [0.25, 0.3) is 11.4 Å². The van der Waals surface area contributed by atoms with Gasteiger partial charge in [0.2, 0.25) is 0 Å². The Balaban J connectivity index is 1.36. The molecule has 0 bridgehead atoms. The third-order valence-electron chi connectivity index (χ3n) is 5.47. The van der Waals surface area contributed by atoms with Gasteiger partial charge in [-0.1, -0.05) is 36.4 Å². The Kier molecular flexibility index (Phi) is 3.77. The summed E-state index contributed by atoms with van der Waals surface area (Å²) in [5.41, 5.74) is 3.08. The molecule has 0 aliphatic carbocycles. The number of ether oxygens (including phenoxy) is 1. The molecule has 2 aromatic carbocycles. The molecule has 5 nitrogen and oxygen atoms in total. The molecule has 2 aliphatic rings. The van der Waals surface area contributed by atoms with Crippen molar-refractivity contribution in [3.63, 3.8) is 0 Å². The molecule has 3 heterocycles. The van der Waals surface area contributed by atoms with Crippen molar-refractivity contribution in [1.82, 2.24) is 14.9 Å². The first-order valence-corrected chi connectivity index (χ1v) is 9.17. The van der Waals surface area contributed by atoms with Gasteiger partial charge in [0.05, 0.1) is 25.4 Å². The fraction of sp³-hybridized carbons (Fsp3) is 0.227. The van der Waals surface area contributed by atoms with Crippen LogP contribution in [-0.4, -0.2) is 33.9 Å². The van der Waals surface area contributed by atoms with Crippen molar-refractivity contribution in [2.45, 2.75) is 19.1 Å². The Morgan fingerprint density at radius 1 is 1.18 bits per heavy atom. The molecule has 1 spiro atoms. The summed E-state index contributed by atoms with van der Waals surface area (Å²) in [5, 5.41) is 0. The number of benzene rings is 2. The van der Waals surface area contributed by atoms with Gasteiger partial charge in [0.25, 0.3) is 5.91 Å². The molecule has 1 saturated heterocycles. The van der Waals surface area contributed by atoms with Gasteiger partial charge in [-0.2, -0.15) is 0 Å². The van der Waals surface area contributed by atoms with Crippen LogP contribution in [0.3, 0.4) is 0 Å². The first-order chi connectivity index (χ1) is 13.6. The third kappa shape index (κ3) is 2.60. The average Bonchev–Trinajstić information content (AvgIpc) is 3.08. The number of fused-ring (bicyclic) bond motifs is 2. The highest BCUT2D eigenvalue weighted by Crippen LogP contribution is 2.43. The van der Waals surface area contributed by atoms with Crippen LogP contribution < -0.4 is 0 Å². The molecule has 1 aromatic heterocycles. The van der Waals surface area contributed by atoms with Crippen LogP contribution in [0.15, 0.2) is 54.7 Å².